The first-order valence-electron chi connectivity index (χ1n) is 6.38. The third kappa shape index (κ3) is 3.25. The van der Waals surface area contributed by atoms with E-state index in [1.807, 2.05) is 0 Å². The maximum atomic E-state index is 12.3. The smallest absolute Gasteiger partial charge is 0.342 e. The molecule has 0 amide bonds. The van der Waals surface area contributed by atoms with Gasteiger partial charge in [-0.05, 0) is 26.0 Å². The third-order valence-corrected chi connectivity index (χ3v) is 4.24. The van der Waals surface area contributed by atoms with Crippen LogP contribution in [0.5, 0.6) is 0 Å². The fourth-order valence-electron chi connectivity index (χ4n) is 1.88. The first-order valence-corrected chi connectivity index (χ1v) is 7.87. The summed E-state index contributed by atoms with van der Waals surface area (Å²) < 4.78 is 31.9. The molecule has 0 radical (unpaired) electrons. The second kappa shape index (κ2) is 6.01. The molecule has 2 aromatic rings. The molecule has 0 fully saturated rings. The number of aryl methyl sites for hydroxylation is 1. The molecule has 0 aliphatic rings. The summed E-state index contributed by atoms with van der Waals surface area (Å²) in [5, 5.41) is 0. The number of sulfonamides is 1. The van der Waals surface area contributed by atoms with Crippen molar-refractivity contribution in [3.63, 3.8) is 0 Å². The molecule has 0 bridgehead atoms. The van der Waals surface area contributed by atoms with Gasteiger partial charge >= 0.3 is 5.97 Å². The van der Waals surface area contributed by atoms with Crippen LogP contribution in [0.2, 0.25) is 0 Å². The average Bonchev–Trinajstić information content (AvgIpc) is 2.80. The highest BCUT2D eigenvalue weighted by atomic mass is 32.2. The summed E-state index contributed by atoms with van der Waals surface area (Å²) in [6.45, 7) is 3.58. The number of H-pyrrole nitrogens is 1. The van der Waals surface area contributed by atoms with Crippen LogP contribution in [0.4, 0.5) is 5.69 Å². The van der Waals surface area contributed by atoms with Crippen molar-refractivity contribution in [2.24, 2.45) is 0 Å². The highest BCUT2D eigenvalue weighted by Gasteiger charge is 2.22. The van der Waals surface area contributed by atoms with E-state index in [0.717, 1.165) is 0 Å². The molecule has 2 rings (SSSR count). The predicted octanol–water partition coefficient (Wildman–Crippen LogP) is 2.30. The van der Waals surface area contributed by atoms with Crippen molar-refractivity contribution < 1.29 is 17.9 Å². The number of nitrogens with one attached hydrogen (secondary N) is 2. The van der Waals surface area contributed by atoms with Crippen molar-refractivity contribution in [3.8, 4) is 0 Å². The second-order valence-corrected chi connectivity index (χ2v) is 6.02. The molecule has 0 saturated heterocycles. The SMILES string of the molecule is CCOC(=O)c1c(NS(=O)(=O)c2ccccc2)c[nH]c1C. The number of ether oxygens (including phenoxy) is 1. The van der Waals surface area contributed by atoms with Gasteiger partial charge in [0.2, 0.25) is 0 Å². The Labute approximate surface area is 123 Å². The van der Waals surface area contributed by atoms with Gasteiger partial charge in [-0.25, -0.2) is 13.2 Å². The number of carbonyl (C=O) groups excluding carboxylic acids is 1. The minimum absolute atomic E-state index is 0.124. The number of esters is 1. The Morgan fingerprint density at radius 3 is 2.57 bits per heavy atom. The van der Waals surface area contributed by atoms with Crippen molar-refractivity contribution in [2.45, 2.75) is 18.7 Å². The third-order valence-electron chi connectivity index (χ3n) is 2.85. The van der Waals surface area contributed by atoms with E-state index in [2.05, 4.69) is 9.71 Å². The topological polar surface area (TPSA) is 88.3 Å². The summed E-state index contributed by atoms with van der Waals surface area (Å²) in [6, 6.07) is 7.94. The Morgan fingerprint density at radius 2 is 1.95 bits per heavy atom. The lowest BCUT2D eigenvalue weighted by molar-refractivity contribution is 0.0527. The molecule has 0 spiro atoms. The largest absolute Gasteiger partial charge is 0.462 e. The molecule has 1 aromatic carbocycles. The van der Waals surface area contributed by atoms with E-state index in [1.165, 1.54) is 18.3 Å². The molecule has 0 aliphatic carbocycles. The highest BCUT2D eigenvalue weighted by molar-refractivity contribution is 7.92. The standard InChI is InChI=1S/C14H16N2O4S/c1-3-20-14(17)13-10(2)15-9-12(13)16-21(18,19)11-7-5-4-6-8-11/h4-9,15-16H,3H2,1-2H3. The van der Waals surface area contributed by atoms with Gasteiger partial charge in [0.15, 0.2) is 0 Å². The van der Waals surface area contributed by atoms with E-state index in [0.29, 0.717) is 5.69 Å². The van der Waals surface area contributed by atoms with Crippen LogP contribution in [0.1, 0.15) is 23.0 Å². The van der Waals surface area contributed by atoms with Crippen LogP contribution < -0.4 is 4.72 Å². The van der Waals surface area contributed by atoms with Crippen molar-refractivity contribution in [1.82, 2.24) is 4.98 Å². The minimum Gasteiger partial charge on any atom is -0.462 e. The molecule has 0 atom stereocenters. The van der Waals surface area contributed by atoms with Gasteiger partial charge in [-0.2, -0.15) is 0 Å². The molecular weight excluding hydrogens is 292 g/mol. The Hall–Kier alpha value is -2.28. The summed E-state index contributed by atoms with van der Waals surface area (Å²) in [5.41, 5.74) is 0.908. The number of hydrogen-bond acceptors (Lipinski definition) is 4. The van der Waals surface area contributed by atoms with Gasteiger partial charge in [0.1, 0.15) is 5.56 Å². The van der Waals surface area contributed by atoms with E-state index < -0.39 is 16.0 Å². The maximum absolute atomic E-state index is 12.3. The van der Waals surface area contributed by atoms with Gasteiger partial charge in [-0.15, -0.1) is 0 Å². The number of anilines is 1. The first kappa shape index (κ1) is 15.1. The van der Waals surface area contributed by atoms with Crippen LogP contribution in [0.3, 0.4) is 0 Å². The van der Waals surface area contributed by atoms with E-state index in [-0.39, 0.29) is 22.8 Å². The zero-order valence-corrected chi connectivity index (χ0v) is 12.5. The van der Waals surface area contributed by atoms with Gasteiger partial charge in [0.25, 0.3) is 10.0 Å². The summed E-state index contributed by atoms with van der Waals surface area (Å²) >= 11 is 0. The molecule has 112 valence electrons. The average molecular weight is 308 g/mol. The van der Waals surface area contributed by atoms with Crippen LogP contribution >= 0.6 is 0 Å². The highest BCUT2D eigenvalue weighted by Crippen LogP contribution is 2.23. The Balaban J connectivity index is 2.35. The number of carbonyl (C=O) groups is 1. The maximum Gasteiger partial charge on any atom is 0.342 e. The number of aromatic amines is 1. The predicted molar refractivity (Wildman–Crippen MR) is 78.7 cm³/mol. The number of benzene rings is 1. The monoisotopic (exact) mass is 308 g/mol. The fraction of sp³-hybridized carbons (Fsp3) is 0.214. The van der Waals surface area contributed by atoms with Crippen LogP contribution in [0, 0.1) is 6.92 Å². The van der Waals surface area contributed by atoms with E-state index in [1.54, 1.807) is 32.0 Å². The first-order chi connectivity index (χ1) is 9.95. The summed E-state index contributed by atoms with van der Waals surface area (Å²) in [7, 11) is -3.75. The van der Waals surface area contributed by atoms with Gasteiger partial charge in [-0.3, -0.25) is 4.72 Å². The van der Waals surface area contributed by atoms with E-state index >= 15 is 0 Å². The Kier molecular flexibility index (Phi) is 4.32. The van der Waals surface area contributed by atoms with Crippen molar-refractivity contribution in [2.75, 3.05) is 11.3 Å². The summed E-state index contributed by atoms with van der Waals surface area (Å²) in [6.07, 6.45) is 1.43. The molecule has 1 heterocycles. The number of hydrogen-bond donors (Lipinski definition) is 2. The quantitative estimate of drug-likeness (QED) is 0.830. The zero-order chi connectivity index (χ0) is 15.5. The molecule has 6 nitrogen and oxygen atoms in total. The van der Waals surface area contributed by atoms with Crippen LogP contribution in [-0.2, 0) is 14.8 Å². The number of rotatable bonds is 5. The normalized spacial score (nSPS) is 11.1. The molecule has 0 saturated carbocycles. The molecule has 0 aliphatic heterocycles. The van der Waals surface area contributed by atoms with Gasteiger partial charge in [0.05, 0.1) is 17.2 Å². The lowest BCUT2D eigenvalue weighted by Gasteiger charge is -2.09. The van der Waals surface area contributed by atoms with Crippen molar-refractivity contribution in [3.05, 3.63) is 47.8 Å². The molecule has 21 heavy (non-hydrogen) atoms. The molecular formula is C14H16N2O4S. The van der Waals surface area contributed by atoms with Crippen molar-refractivity contribution in [1.29, 1.82) is 0 Å². The zero-order valence-electron chi connectivity index (χ0n) is 11.7. The molecule has 2 N–H and O–H groups in total. The number of aromatic nitrogens is 1. The molecule has 0 unspecified atom stereocenters. The lowest BCUT2D eigenvalue weighted by Crippen LogP contribution is -2.15. The van der Waals surface area contributed by atoms with Crippen LogP contribution in [0.15, 0.2) is 41.4 Å². The Bertz CT molecular complexity index is 736. The van der Waals surface area contributed by atoms with E-state index in [4.69, 9.17) is 4.74 Å². The summed E-state index contributed by atoms with van der Waals surface area (Å²) in [5.74, 6) is -0.568. The van der Waals surface area contributed by atoms with Crippen molar-refractivity contribution >= 4 is 21.7 Å². The van der Waals surface area contributed by atoms with Crippen LogP contribution in [0.25, 0.3) is 0 Å². The minimum atomic E-state index is -3.75. The fourth-order valence-corrected chi connectivity index (χ4v) is 2.96. The van der Waals surface area contributed by atoms with Gasteiger partial charge in [0, 0.05) is 11.9 Å². The Morgan fingerprint density at radius 1 is 1.29 bits per heavy atom. The van der Waals surface area contributed by atoms with Gasteiger partial charge in [-0.1, -0.05) is 18.2 Å². The van der Waals surface area contributed by atoms with E-state index in [9.17, 15) is 13.2 Å². The lowest BCUT2D eigenvalue weighted by atomic mass is 10.2. The molecule has 1 aromatic heterocycles. The second-order valence-electron chi connectivity index (χ2n) is 4.34. The molecule has 7 heteroatoms. The summed E-state index contributed by atoms with van der Waals surface area (Å²) in [4.78, 5) is 14.8. The van der Waals surface area contributed by atoms with Gasteiger partial charge < -0.3 is 9.72 Å². The van der Waals surface area contributed by atoms with Crippen LogP contribution in [-0.4, -0.2) is 26.0 Å².